The molecule has 1 saturated heterocycles. The molecule has 1 aliphatic rings. The van der Waals surface area contributed by atoms with E-state index < -0.39 is 10.2 Å². The molecule has 1 aliphatic heterocycles. The Balaban J connectivity index is 2.08. The molecule has 1 aromatic heterocycles. The summed E-state index contributed by atoms with van der Waals surface area (Å²) < 4.78 is 26.9. The van der Waals surface area contributed by atoms with Crippen molar-refractivity contribution in [2.45, 2.75) is 6.42 Å². The zero-order chi connectivity index (χ0) is 9.31. The Morgan fingerprint density at radius 2 is 2.23 bits per heavy atom. The van der Waals surface area contributed by atoms with Crippen LogP contribution in [-0.2, 0) is 10.2 Å². The third kappa shape index (κ3) is 1.84. The van der Waals surface area contributed by atoms with Gasteiger partial charge in [-0.1, -0.05) is 0 Å². The van der Waals surface area contributed by atoms with Gasteiger partial charge in [0.2, 0.25) is 0 Å². The van der Waals surface area contributed by atoms with E-state index in [-0.39, 0.29) is 0 Å². The summed E-state index contributed by atoms with van der Waals surface area (Å²) in [5.41, 5.74) is 0.650. The largest absolute Gasteiger partial charge is 0.301 e. The average molecular weight is 218 g/mol. The molecule has 0 unspecified atom stereocenters. The Morgan fingerprint density at radius 1 is 1.46 bits per heavy atom. The van der Waals surface area contributed by atoms with Gasteiger partial charge in [0.25, 0.3) is 0 Å². The summed E-state index contributed by atoms with van der Waals surface area (Å²) in [6.45, 7) is 1.28. The minimum Gasteiger partial charge on any atom is -0.270 e. The van der Waals surface area contributed by atoms with E-state index in [0.717, 1.165) is 6.42 Å². The summed E-state index contributed by atoms with van der Waals surface area (Å²) in [7, 11) is -3.26. The fourth-order valence-electron chi connectivity index (χ4n) is 1.06. The third-order valence-corrected chi connectivity index (χ3v) is 4.14. The van der Waals surface area contributed by atoms with Crippen molar-refractivity contribution in [3.63, 3.8) is 0 Å². The van der Waals surface area contributed by atoms with Gasteiger partial charge in [0.1, 0.15) is 0 Å². The van der Waals surface area contributed by atoms with E-state index in [2.05, 4.69) is 4.72 Å². The smallest absolute Gasteiger partial charge is 0.270 e. The third-order valence-electron chi connectivity index (χ3n) is 1.92. The van der Waals surface area contributed by atoms with E-state index in [1.807, 2.05) is 5.38 Å². The summed E-state index contributed by atoms with van der Waals surface area (Å²) in [4.78, 5) is 0. The van der Waals surface area contributed by atoms with Crippen molar-refractivity contribution in [1.29, 1.82) is 0 Å². The first kappa shape index (κ1) is 8.98. The van der Waals surface area contributed by atoms with Gasteiger partial charge in [-0.25, -0.2) is 0 Å². The highest BCUT2D eigenvalue weighted by Gasteiger charge is 2.27. The van der Waals surface area contributed by atoms with Crippen LogP contribution in [0.15, 0.2) is 16.8 Å². The molecule has 72 valence electrons. The Hall–Kier alpha value is -0.590. The molecular weight excluding hydrogens is 208 g/mol. The maximum atomic E-state index is 11.5. The SMILES string of the molecule is O=S(=O)(Nc1ccsc1)N1CCC1. The first-order chi connectivity index (χ1) is 6.18. The second-order valence-electron chi connectivity index (χ2n) is 2.87. The highest BCUT2D eigenvalue weighted by Crippen LogP contribution is 2.18. The van der Waals surface area contributed by atoms with Crippen molar-refractivity contribution in [3.8, 4) is 0 Å². The first-order valence-corrected chi connectivity index (χ1v) is 6.37. The molecular formula is C7H10N2O2S2. The molecule has 0 atom stereocenters. The van der Waals surface area contributed by atoms with Gasteiger partial charge in [-0.15, -0.1) is 0 Å². The molecule has 0 aliphatic carbocycles. The van der Waals surface area contributed by atoms with E-state index in [1.54, 1.807) is 11.4 Å². The molecule has 1 aromatic rings. The number of anilines is 1. The van der Waals surface area contributed by atoms with Crippen molar-refractivity contribution in [2.24, 2.45) is 0 Å². The summed E-state index contributed by atoms with van der Waals surface area (Å²) in [6, 6.07) is 1.75. The highest BCUT2D eigenvalue weighted by molar-refractivity contribution is 7.90. The molecule has 0 radical (unpaired) electrons. The molecule has 2 heterocycles. The fourth-order valence-corrected chi connectivity index (χ4v) is 3.02. The fraction of sp³-hybridized carbons (Fsp3) is 0.429. The van der Waals surface area contributed by atoms with Crippen LogP contribution in [0, 0.1) is 0 Å². The maximum absolute atomic E-state index is 11.5. The molecule has 6 heteroatoms. The maximum Gasteiger partial charge on any atom is 0.301 e. The topological polar surface area (TPSA) is 49.4 Å². The molecule has 4 nitrogen and oxygen atoms in total. The first-order valence-electron chi connectivity index (χ1n) is 3.98. The monoisotopic (exact) mass is 218 g/mol. The van der Waals surface area contributed by atoms with Crippen LogP contribution in [0.5, 0.6) is 0 Å². The molecule has 2 rings (SSSR count). The number of thiophene rings is 1. The molecule has 0 saturated carbocycles. The molecule has 1 fully saturated rings. The van der Waals surface area contributed by atoms with E-state index in [4.69, 9.17) is 0 Å². The molecule has 0 amide bonds. The molecule has 0 aromatic carbocycles. The van der Waals surface area contributed by atoms with Crippen LogP contribution >= 0.6 is 11.3 Å². The zero-order valence-corrected chi connectivity index (χ0v) is 8.57. The van der Waals surface area contributed by atoms with Crippen molar-refractivity contribution >= 4 is 27.2 Å². The Labute approximate surface area is 81.4 Å². The van der Waals surface area contributed by atoms with Crippen LogP contribution < -0.4 is 4.72 Å². The van der Waals surface area contributed by atoms with Crippen LogP contribution in [-0.4, -0.2) is 25.8 Å². The second kappa shape index (κ2) is 3.28. The van der Waals surface area contributed by atoms with Gasteiger partial charge in [-0.05, 0) is 17.9 Å². The zero-order valence-electron chi connectivity index (χ0n) is 6.93. The number of rotatable bonds is 3. The van der Waals surface area contributed by atoms with E-state index in [9.17, 15) is 8.42 Å². The number of nitrogens with zero attached hydrogens (tertiary/aromatic N) is 1. The van der Waals surface area contributed by atoms with Crippen LogP contribution in [0.4, 0.5) is 5.69 Å². The van der Waals surface area contributed by atoms with Gasteiger partial charge in [0.05, 0.1) is 5.69 Å². The Morgan fingerprint density at radius 3 is 2.69 bits per heavy atom. The van der Waals surface area contributed by atoms with E-state index >= 15 is 0 Å². The molecule has 1 N–H and O–H groups in total. The highest BCUT2D eigenvalue weighted by atomic mass is 32.2. The predicted molar refractivity (Wildman–Crippen MR) is 53.1 cm³/mol. The molecule has 13 heavy (non-hydrogen) atoms. The summed E-state index contributed by atoms with van der Waals surface area (Å²) >= 11 is 1.47. The van der Waals surface area contributed by atoms with E-state index in [1.165, 1.54) is 15.6 Å². The van der Waals surface area contributed by atoms with Crippen LogP contribution in [0.1, 0.15) is 6.42 Å². The van der Waals surface area contributed by atoms with Crippen molar-refractivity contribution in [1.82, 2.24) is 4.31 Å². The van der Waals surface area contributed by atoms with E-state index in [0.29, 0.717) is 18.8 Å². The lowest BCUT2D eigenvalue weighted by Crippen LogP contribution is -2.44. The minimum atomic E-state index is -3.26. The lowest BCUT2D eigenvalue weighted by Gasteiger charge is -2.29. The van der Waals surface area contributed by atoms with Crippen LogP contribution in [0.2, 0.25) is 0 Å². The standard InChI is InChI=1S/C7H10N2O2S2/c10-13(11,9-3-1-4-9)8-7-2-5-12-6-7/h2,5-6,8H,1,3-4H2. The van der Waals surface area contributed by atoms with Crippen molar-refractivity contribution < 1.29 is 8.42 Å². The quantitative estimate of drug-likeness (QED) is 0.826. The lowest BCUT2D eigenvalue weighted by atomic mass is 10.3. The predicted octanol–water partition coefficient (Wildman–Crippen LogP) is 1.11. The Bertz CT molecular complexity index is 367. The minimum absolute atomic E-state index is 0.638. The number of hydrogen-bond acceptors (Lipinski definition) is 3. The second-order valence-corrected chi connectivity index (χ2v) is 5.32. The van der Waals surface area contributed by atoms with Crippen molar-refractivity contribution in [2.75, 3.05) is 17.8 Å². The van der Waals surface area contributed by atoms with Crippen molar-refractivity contribution in [3.05, 3.63) is 16.8 Å². The number of nitrogens with one attached hydrogen (secondary N) is 1. The summed E-state index contributed by atoms with van der Waals surface area (Å²) in [5, 5.41) is 3.62. The Kier molecular flexibility index (Phi) is 2.27. The normalized spacial score (nSPS) is 18.2. The summed E-state index contributed by atoms with van der Waals surface area (Å²) in [6.07, 6.45) is 0.963. The van der Waals surface area contributed by atoms with Gasteiger partial charge in [0, 0.05) is 18.5 Å². The van der Waals surface area contributed by atoms with Gasteiger partial charge in [0.15, 0.2) is 0 Å². The van der Waals surface area contributed by atoms with Crippen LogP contribution in [0.25, 0.3) is 0 Å². The summed E-state index contributed by atoms with van der Waals surface area (Å²) in [5.74, 6) is 0. The molecule has 0 spiro atoms. The van der Waals surface area contributed by atoms with Gasteiger partial charge in [-0.3, -0.25) is 4.72 Å². The van der Waals surface area contributed by atoms with Crippen LogP contribution in [0.3, 0.4) is 0 Å². The van der Waals surface area contributed by atoms with Gasteiger partial charge >= 0.3 is 10.2 Å². The molecule has 0 bridgehead atoms. The average Bonchev–Trinajstić information content (AvgIpc) is 2.32. The van der Waals surface area contributed by atoms with Gasteiger partial charge in [-0.2, -0.15) is 24.1 Å². The number of hydrogen-bond donors (Lipinski definition) is 1. The van der Waals surface area contributed by atoms with Gasteiger partial charge < -0.3 is 0 Å². The lowest BCUT2D eigenvalue weighted by molar-refractivity contribution is 0.311.